The second-order valence-corrected chi connectivity index (χ2v) is 22.3. The zero-order chi connectivity index (χ0) is 56.2. The minimum atomic E-state index is -1.62. The normalized spacial score (nSPS) is 13.3. The number of allylic oxidation sites excluding steroid dienone is 14. The molecule has 0 radical (unpaired) electrons. The van der Waals surface area contributed by atoms with Crippen LogP contribution in [0.2, 0.25) is 0 Å². The van der Waals surface area contributed by atoms with Crippen LogP contribution < -0.4 is 5.11 Å². The van der Waals surface area contributed by atoms with Crippen molar-refractivity contribution in [2.45, 2.75) is 283 Å². The van der Waals surface area contributed by atoms with Crippen molar-refractivity contribution in [1.29, 1.82) is 0 Å². The molecule has 0 saturated carbocycles. The van der Waals surface area contributed by atoms with Gasteiger partial charge in [-0.1, -0.05) is 253 Å². The van der Waals surface area contributed by atoms with Gasteiger partial charge in [-0.25, -0.2) is 0 Å². The largest absolute Gasteiger partial charge is 0.545 e. The highest BCUT2D eigenvalue weighted by molar-refractivity contribution is 5.70. The first-order chi connectivity index (χ1) is 37.6. The van der Waals surface area contributed by atoms with Crippen molar-refractivity contribution < 1.29 is 42.9 Å². The Kier molecular flexibility index (Phi) is 55.9. The fourth-order valence-electron chi connectivity index (χ4n) is 8.77. The van der Waals surface area contributed by atoms with Gasteiger partial charge in [-0.15, -0.1) is 0 Å². The third-order valence-corrected chi connectivity index (χ3v) is 13.6. The highest BCUT2D eigenvalue weighted by atomic mass is 16.7. The first-order valence-corrected chi connectivity index (χ1v) is 31.7. The van der Waals surface area contributed by atoms with Gasteiger partial charge in [-0.3, -0.25) is 9.59 Å². The van der Waals surface area contributed by atoms with Crippen LogP contribution in [0.5, 0.6) is 0 Å². The number of ether oxygens (including phenoxy) is 4. The molecule has 0 bridgehead atoms. The lowest BCUT2D eigenvalue weighted by Gasteiger charge is -2.26. The number of quaternary nitrogens is 1. The third-order valence-electron chi connectivity index (χ3n) is 13.6. The van der Waals surface area contributed by atoms with Crippen LogP contribution in [-0.4, -0.2) is 82.3 Å². The van der Waals surface area contributed by atoms with Gasteiger partial charge in [0.25, 0.3) is 0 Å². The fourth-order valence-corrected chi connectivity index (χ4v) is 8.77. The molecule has 9 heteroatoms. The van der Waals surface area contributed by atoms with Crippen LogP contribution in [0.4, 0.5) is 0 Å². The van der Waals surface area contributed by atoms with Crippen LogP contribution in [0.1, 0.15) is 271 Å². The van der Waals surface area contributed by atoms with Crippen LogP contribution in [0, 0.1) is 0 Å². The van der Waals surface area contributed by atoms with E-state index in [2.05, 4.69) is 98.9 Å². The Balaban J connectivity index is 4.06. The van der Waals surface area contributed by atoms with Gasteiger partial charge in [0.2, 0.25) is 0 Å². The fraction of sp³-hybridized carbons (Fsp3) is 0.750. The number of unbranched alkanes of at least 4 members (excludes halogenated alkanes) is 29. The average Bonchev–Trinajstić information content (AvgIpc) is 3.40. The van der Waals surface area contributed by atoms with Crippen LogP contribution in [0.15, 0.2) is 85.1 Å². The maximum Gasteiger partial charge on any atom is 0.306 e. The average molecular weight is 1080 g/mol. The van der Waals surface area contributed by atoms with Crippen molar-refractivity contribution in [1.82, 2.24) is 0 Å². The summed E-state index contributed by atoms with van der Waals surface area (Å²) >= 11 is 0. The monoisotopic (exact) mass is 1080 g/mol. The van der Waals surface area contributed by atoms with E-state index in [0.29, 0.717) is 17.4 Å². The van der Waals surface area contributed by atoms with E-state index in [4.69, 9.17) is 18.9 Å². The number of likely N-dealkylation sites (N-methyl/N-ethyl adjacent to an activating group) is 1. The van der Waals surface area contributed by atoms with Crippen molar-refractivity contribution in [3.63, 3.8) is 0 Å². The van der Waals surface area contributed by atoms with Crippen molar-refractivity contribution in [2.75, 3.05) is 47.5 Å². The van der Waals surface area contributed by atoms with E-state index in [0.717, 1.165) is 89.9 Å². The summed E-state index contributed by atoms with van der Waals surface area (Å²) in [6.45, 7) is 4.63. The highest BCUT2D eigenvalue weighted by Crippen LogP contribution is 2.17. The number of esters is 2. The Labute approximate surface area is 474 Å². The van der Waals surface area contributed by atoms with E-state index in [1.807, 2.05) is 21.1 Å². The van der Waals surface area contributed by atoms with Gasteiger partial charge >= 0.3 is 11.9 Å². The molecule has 0 aliphatic carbocycles. The number of aliphatic carboxylic acids is 1. The Morgan fingerprint density at radius 3 is 1.12 bits per heavy atom. The molecule has 0 spiro atoms. The smallest absolute Gasteiger partial charge is 0.306 e. The molecule has 77 heavy (non-hydrogen) atoms. The van der Waals surface area contributed by atoms with Gasteiger partial charge in [0.15, 0.2) is 12.4 Å². The maximum absolute atomic E-state index is 12.9. The van der Waals surface area contributed by atoms with Gasteiger partial charge in [-0.05, 0) is 89.9 Å². The Bertz CT molecular complexity index is 1540. The number of carbonyl (C=O) groups excluding carboxylic acids is 3. The second-order valence-electron chi connectivity index (χ2n) is 22.3. The summed E-state index contributed by atoms with van der Waals surface area (Å²) in [7, 11) is 5.92. The lowest BCUT2D eigenvalue weighted by Crippen LogP contribution is -2.44. The molecule has 0 aliphatic rings. The van der Waals surface area contributed by atoms with Crippen LogP contribution in [0.25, 0.3) is 0 Å². The van der Waals surface area contributed by atoms with Crippen molar-refractivity contribution in [3.05, 3.63) is 85.1 Å². The molecule has 0 aromatic heterocycles. The first-order valence-electron chi connectivity index (χ1n) is 31.7. The molecule has 0 aliphatic heterocycles. The SMILES string of the molecule is CC/C=C\C/C=C\C/C=C\C/C=C\C/C=C\C/C=C\CCCCCCCCCCCCCCCCCCCCC(=O)OC(COC(=O)CCCCCCC/C=C\CCCCCCCC)COC(OCC[N+](C)(C)C)C(=O)[O-]. The summed E-state index contributed by atoms with van der Waals surface area (Å²) in [6.07, 6.45) is 75.1. The molecule has 9 nitrogen and oxygen atoms in total. The van der Waals surface area contributed by atoms with E-state index in [9.17, 15) is 19.5 Å². The number of rotatable bonds is 58. The molecule has 0 N–H and O–H groups in total. The minimum absolute atomic E-state index is 0.145. The standard InChI is InChI=1S/C68H119NO8/c1-6-8-10-12-14-16-18-20-22-23-24-25-26-27-28-29-30-31-32-33-34-35-36-37-38-39-40-41-42-43-45-47-49-51-53-55-57-59-66(71)77-64(63-76-68(67(72)73)74-61-60-69(3,4)5)62-75-65(70)58-56-54-52-50-48-46-44-21-19-17-15-13-11-9-7-2/h8,10,14,16,20-22,24-25,27-28,30-31,44,64,68H,6-7,9,11-13,15,17-19,23,26,29,32-43,45-63H2,1-5H3/b10-8-,16-14-,22-20-,25-24-,28-27-,31-30-,44-21-. The molecule has 0 fully saturated rings. The molecule has 2 unspecified atom stereocenters. The van der Waals surface area contributed by atoms with E-state index >= 15 is 0 Å². The molecule has 0 aromatic rings. The van der Waals surface area contributed by atoms with Gasteiger partial charge in [-0.2, -0.15) is 0 Å². The Morgan fingerprint density at radius 1 is 0.403 bits per heavy atom. The van der Waals surface area contributed by atoms with Crippen LogP contribution >= 0.6 is 0 Å². The van der Waals surface area contributed by atoms with E-state index < -0.39 is 24.3 Å². The summed E-state index contributed by atoms with van der Waals surface area (Å²) in [4.78, 5) is 37.3. The van der Waals surface area contributed by atoms with Gasteiger partial charge in [0.1, 0.15) is 13.2 Å². The zero-order valence-electron chi connectivity index (χ0n) is 50.6. The lowest BCUT2D eigenvalue weighted by molar-refractivity contribution is -0.870. The van der Waals surface area contributed by atoms with Crippen LogP contribution in [0.3, 0.4) is 0 Å². The number of carboxylic acid groups (broad SMARTS) is 1. The van der Waals surface area contributed by atoms with Gasteiger partial charge in [0, 0.05) is 12.8 Å². The minimum Gasteiger partial charge on any atom is -0.545 e. The van der Waals surface area contributed by atoms with Gasteiger partial charge < -0.3 is 33.3 Å². The zero-order valence-corrected chi connectivity index (χ0v) is 50.6. The number of hydrogen-bond acceptors (Lipinski definition) is 8. The first kappa shape index (κ1) is 73.5. The quantitative estimate of drug-likeness (QED) is 0.0195. The molecule has 0 rings (SSSR count). The van der Waals surface area contributed by atoms with E-state index in [1.54, 1.807) is 0 Å². The molecule has 2 atom stereocenters. The van der Waals surface area contributed by atoms with Gasteiger partial charge in [0.05, 0.1) is 40.3 Å². The summed E-state index contributed by atoms with van der Waals surface area (Å²) in [5.41, 5.74) is 0. The summed E-state index contributed by atoms with van der Waals surface area (Å²) in [6, 6.07) is 0. The maximum atomic E-state index is 12.9. The van der Waals surface area contributed by atoms with Crippen LogP contribution in [-0.2, 0) is 33.3 Å². The topological polar surface area (TPSA) is 111 Å². The predicted octanol–water partition coefficient (Wildman–Crippen LogP) is 17.8. The number of carbonyl (C=O) groups is 3. The molecule has 0 amide bonds. The van der Waals surface area contributed by atoms with Crippen molar-refractivity contribution in [2.24, 2.45) is 0 Å². The summed E-state index contributed by atoms with van der Waals surface area (Å²) < 4.78 is 22.7. The Hall–Kier alpha value is -3.53. The lowest BCUT2D eigenvalue weighted by atomic mass is 10.0. The number of carboxylic acids is 1. The molecule has 444 valence electrons. The Morgan fingerprint density at radius 2 is 0.740 bits per heavy atom. The molecule has 0 aromatic carbocycles. The molecule has 0 heterocycles. The summed E-state index contributed by atoms with van der Waals surface area (Å²) in [5, 5.41) is 11.8. The summed E-state index contributed by atoms with van der Waals surface area (Å²) in [5.74, 6) is -2.29. The third kappa shape index (κ3) is 60.0. The van der Waals surface area contributed by atoms with E-state index in [-0.39, 0.29) is 38.6 Å². The number of nitrogens with zero attached hydrogens (tertiary/aromatic N) is 1. The highest BCUT2D eigenvalue weighted by Gasteiger charge is 2.22. The molecular formula is C68H119NO8. The molecular weight excluding hydrogens is 959 g/mol. The van der Waals surface area contributed by atoms with Crippen molar-refractivity contribution >= 4 is 17.9 Å². The molecule has 0 saturated heterocycles. The van der Waals surface area contributed by atoms with E-state index in [1.165, 1.54) is 148 Å². The number of hydrogen-bond donors (Lipinski definition) is 0. The second kappa shape index (κ2) is 58.6. The van der Waals surface area contributed by atoms with Crippen molar-refractivity contribution in [3.8, 4) is 0 Å². The predicted molar refractivity (Wildman–Crippen MR) is 324 cm³/mol.